The van der Waals surface area contributed by atoms with E-state index in [1.165, 1.54) is 18.4 Å². The lowest BCUT2D eigenvalue weighted by atomic mass is 9.96. The highest BCUT2D eigenvalue weighted by Crippen LogP contribution is 2.33. The van der Waals surface area contributed by atoms with Gasteiger partial charge in [-0.15, -0.1) is 12.4 Å². The number of anilines is 1. The van der Waals surface area contributed by atoms with Crippen LogP contribution in [0.5, 0.6) is 0 Å². The van der Waals surface area contributed by atoms with Crippen molar-refractivity contribution in [3.8, 4) is 0 Å². The van der Waals surface area contributed by atoms with Crippen LogP contribution in [0.4, 0.5) is 5.69 Å². The summed E-state index contributed by atoms with van der Waals surface area (Å²) in [5.41, 5.74) is 2.52. The number of esters is 1. The Morgan fingerprint density at radius 2 is 2.25 bits per heavy atom. The molecule has 0 saturated carbocycles. The Labute approximate surface area is 102 Å². The van der Waals surface area contributed by atoms with Crippen LogP contribution in [0, 0.1) is 0 Å². The minimum absolute atomic E-state index is 0. The average Bonchev–Trinajstić information content (AvgIpc) is 2.69. The molecule has 1 unspecified atom stereocenters. The first-order valence-corrected chi connectivity index (χ1v) is 5.21. The second-order valence-corrected chi connectivity index (χ2v) is 3.78. The van der Waals surface area contributed by atoms with Gasteiger partial charge in [0.1, 0.15) is 0 Å². The van der Waals surface area contributed by atoms with Crippen molar-refractivity contribution < 1.29 is 9.53 Å². The molecule has 0 bridgehead atoms. The molecule has 0 fully saturated rings. The van der Waals surface area contributed by atoms with Crippen LogP contribution in [0.2, 0.25) is 0 Å². The second-order valence-electron chi connectivity index (χ2n) is 3.78. The first-order chi connectivity index (χ1) is 7.31. The standard InChI is InChI=1S/C12H15NO2.ClH/c1-15-12(14)7-6-9-8-13-11-5-3-2-4-10(9)11;/h2-5,9,13H,6-8H2,1H3;1H. The molecule has 0 aromatic heterocycles. The van der Waals surface area contributed by atoms with Crippen molar-refractivity contribution in [2.24, 2.45) is 0 Å². The van der Waals surface area contributed by atoms with E-state index in [4.69, 9.17) is 0 Å². The number of methoxy groups -OCH3 is 1. The van der Waals surface area contributed by atoms with E-state index in [0.717, 1.165) is 13.0 Å². The van der Waals surface area contributed by atoms with Crippen LogP contribution >= 0.6 is 12.4 Å². The Bertz CT molecular complexity index is 368. The highest BCUT2D eigenvalue weighted by molar-refractivity contribution is 5.85. The van der Waals surface area contributed by atoms with Crippen molar-refractivity contribution in [1.82, 2.24) is 0 Å². The number of rotatable bonds is 3. The molecule has 0 saturated heterocycles. The summed E-state index contributed by atoms with van der Waals surface area (Å²) in [6.45, 7) is 0.927. The van der Waals surface area contributed by atoms with Crippen LogP contribution in [-0.4, -0.2) is 19.6 Å². The van der Waals surface area contributed by atoms with Crippen LogP contribution in [0.1, 0.15) is 24.3 Å². The minimum atomic E-state index is -0.126. The molecule has 1 heterocycles. The monoisotopic (exact) mass is 241 g/mol. The van der Waals surface area contributed by atoms with Gasteiger partial charge >= 0.3 is 5.97 Å². The Balaban J connectivity index is 0.00000128. The number of nitrogens with one attached hydrogen (secondary N) is 1. The first kappa shape index (κ1) is 12.8. The quantitative estimate of drug-likeness (QED) is 0.827. The molecule has 0 amide bonds. The molecule has 4 heteroatoms. The van der Waals surface area contributed by atoms with Crippen molar-refractivity contribution in [2.45, 2.75) is 18.8 Å². The summed E-state index contributed by atoms with van der Waals surface area (Å²) in [5, 5.41) is 3.34. The van der Waals surface area contributed by atoms with E-state index in [1.807, 2.05) is 12.1 Å². The molecular weight excluding hydrogens is 226 g/mol. The van der Waals surface area contributed by atoms with Gasteiger partial charge in [0.25, 0.3) is 0 Å². The molecule has 3 nitrogen and oxygen atoms in total. The Morgan fingerprint density at radius 3 is 3.00 bits per heavy atom. The minimum Gasteiger partial charge on any atom is -0.469 e. The third-order valence-corrected chi connectivity index (χ3v) is 2.86. The fourth-order valence-electron chi connectivity index (χ4n) is 2.01. The summed E-state index contributed by atoms with van der Waals surface area (Å²) < 4.78 is 4.64. The predicted octanol–water partition coefficient (Wildman–Crippen LogP) is 2.57. The van der Waals surface area contributed by atoms with E-state index in [0.29, 0.717) is 12.3 Å². The summed E-state index contributed by atoms with van der Waals surface area (Å²) in [6.07, 6.45) is 1.36. The van der Waals surface area contributed by atoms with Crippen molar-refractivity contribution in [2.75, 3.05) is 19.0 Å². The van der Waals surface area contributed by atoms with Gasteiger partial charge in [0.05, 0.1) is 7.11 Å². The molecular formula is C12H16ClNO2. The van der Waals surface area contributed by atoms with Crippen molar-refractivity contribution in [3.05, 3.63) is 29.8 Å². The molecule has 0 spiro atoms. The zero-order chi connectivity index (χ0) is 10.7. The van der Waals surface area contributed by atoms with Gasteiger partial charge in [-0.05, 0) is 18.1 Å². The zero-order valence-electron chi connectivity index (χ0n) is 9.23. The summed E-state index contributed by atoms with van der Waals surface area (Å²) in [5.74, 6) is 0.319. The highest BCUT2D eigenvalue weighted by atomic mass is 35.5. The van der Waals surface area contributed by atoms with Crippen molar-refractivity contribution >= 4 is 24.1 Å². The Morgan fingerprint density at radius 1 is 1.50 bits per heavy atom. The van der Waals surface area contributed by atoms with Gasteiger partial charge in [-0.25, -0.2) is 0 Å². The van der Waals surface area contributed by atoms with Crippen molar-refractivity contribution in [1.29, 1.82) is 0 Å². The van der Waals surface area contributed by atoms with E-state index < -0.39 is 0 Å². The lowest BCUT2D eigenvalue weighted by Crippen LogP contribution is -2.06. The van der Waals surface area contributed by atoms with Gasteiger partial charge < -0.3 is 10.1 Å². The largest absolute Gasteiger partial charge is 0.469 e. The number of benzene rings is 1. The molecule has 0 aliphatic carbocycles. The average molecular weight is 242 g/mol. The fraction of sp³-hybridized carbons (Fsp3) is 0.417. The van der Waals surface area contributed by atoms with Crippen molar-refractivity contribution in [3.63, 3.8) is 0 Å². The number of carbonyl (C=O) groups is 1. The van der Waals surface area contributed by atoms with E-state index in [1.54, 1.807) is 0 Å². The summed E-state index contributed by atoms with van der Waals surface area (Å²) in [7, 11) is 1.43. The van der Waals surface area contributed by atoms with Crippen LogP contribution < -0.4 is 5.32 Å². The molecule has 1 N–H and O–H groups in total. The predicted molar refractivity (Wildman–Crippen MR) is 66.2 cm³/mol. The van der Waals surface area contributed by atoms with Gasteiger partial charge in [0, 0.05) is 24.6 Å². The van der Waals surface area contributed by atoms with Gasteiger partial charge in [-0.2, -0.15) is 0 Å². The number of halogens is 1. The van der Waals surface area contributed by atoms with Gasteiger partial charge in [0.15, 0.2) is 0 Å². The zero-order valence-corrected chi connectivity index (χ0v) is 10.0. The first-order valence-electron chi connectivity index (χ1n) is 5.21. The lowest BCUT2D eigenvalue weighted by molar-refractivity contribution is -0.140. The highest BCUT2D eigenvalue weighted by Gasteiger charge is 2.21. The van der Waals surface area contributed by atoms with Crippen LogP contribution in [0.3, 0.4) is 0 Å². The van der Waals surface area contributed by atoms with E-state index in [-0.39, 0.29) is 18.4 Å². The molecule has 0 radical (unpaired) electrons. The molecule has 1 aromatic rings. The van der Waals surface area contributed by atoms with Gasteiger partial charge in [-0.1, -0.05) is 18.2 Å². The van der Waals surface area contributed by atoms with Gasteiger partial charge in [-0.3, -0.25) is 4.79 Å². The molecule has 1 aliphatic rings. The van der Waals surface area contributed by atoms with Gasteiger partial charge in [0.2, 0.25) is 0 Å². The Kier molecular flexibility index (Phi) is 4.62. The summed E-state index contributed by atoms with van der Waals surface area (Å²) in [6, 6.07) is 8.26. The van der Waals surface area contributed by atoms with E-state index in [9.17, 15) is 4.79 Å². The number of carbonyl (C=O) groups excluding carboxylic acids is 1. The third-order valence-electron chi connectivity index (χ3n) is 2.86. The number of ether oxygens (including phenoxy) is 1. The smallest absolute Gasteiger partial charge is 0.305 e. The maximum absolute atomic E-state index is 11.0. The maximum atomic E-state index is 11.0. The number of fused-ring (bicyclic) bond motifs is 1. The number of hydrogen-bond acceptors (Lipinski definition) is 3. The topological polar surface area (TPSA) is 38.3 Å². The Hall–Kier alpha value is -1.22. The SMILES string of the molecule is COC(=O)CCC1CNc2ccccc21.Cl. The van der Waals surface area contributed by atoms with Crippen LogP contribution in [0.15, 0.2) is 24.3 Å². The molecule has 88 valence electrons. The van der Waals surface area contributed by atoms with Crippen LogP contribution in [-0.2, 0) is 9.53 Å². The maximum Gasteiger partial charge on any atom is 0.305 e. The summed E-state index contributed by atoms with van der Waals surface area (Å²) in [4.78, 5) is 11.0. The number of para-hydroxylation sites is 1. The molecule has 1 atom stereocenters. The van der Waals surface area contributed by atoms with E-state index >= 15 is 0 Å². The van der Waals surface area contributed by atoms with E-state index in [2.05, 4.69) is 22.2 Å². The normalized spacial score (nSPS) is 16.9. The molecule has 1 aliphatic heterocycles. The second kappa shape index (κ2) is 5.75. The summed E-state index contributed by atoms with van der Waals surface area (Å²) >= 11 is 0. The number of hydrogen-bond donors (Lipinski definition) is 1. The molecule has 1 aromatic carbocycles. The molecule has 2 rings (SSSR count). The molecule has 16 heavy (non-hydrogen) atoms. The van der Waals surface area contributed by atoms with Crippen LogP contribution in [0.25, 0.3) is 0 Å². The fourth-order valence-corrected chi connectivity index (χ4v) is 2.01. The third kappa shape index (κ3) is 2.67. The lowest BCUT2D eigenvalue weighted by Gasteiger charge is -2.08.